The van der Waals surface area contributed by atoms with E-state index < -0.39 is 5.60 Å². The first kappa shape index (κ1) is 16.5. The van der Waals surface area contributed by atoms with Gasteiger partial charge in [-0.1, -0.05) is 0 Å². The van der Waals surface area contributed by atoms with Crippen LogP contribution in [-0.4, -0.2) is 48.2 Å². The summed E-state index contributed by atoms with van der Waals surface area (Å²) in [6.07, 6.45) is 6.09. The molecule has 0 aromatic rings. The van der Waals surface area contributed by atoms with Gasteiger partial charge in [-0.2, -0.15) is 0 Å². The van der Waals surface area contributed by atoms with Crippen molar-refractivity contribution in [3.8, 4) is 0 Å². The molecule has 2 rings (SSSR count). The summed E-state index contributed by atoms with van der Waals surface area (Å²) in [4.78, 5) is 24.5. The van der Waals surface area contributed by atoms with Crippen LogP contribution in [0, 0.1) is 0 Å². The van der Waals surface area contributed by atoms with Crippen molar-refractivity contribution in [2.45, 2.75) is 70.3 Å². The fourth-order valence-electron chi connectivity index (χ4n) is 2.53. The molecule has 0 aromatic heterocycles. The van der Waals surface area contributed by atoms with Gasteiger partial charge in [0.25, 0.3) is 0 Å². The molecule has 22 heavy (non-hydrogen) atoms. The molecule has 2 aliphatic rings. The largest absolute Gasteiger partial charge is 0.444 e. The summed E-state index contributed by atoms with van der Waals surface area (Å²) in [6.45, 7) is 5.57. The van der Waals surface area contributed by atoms with Crippen LogP contribution in [-0.2, 0) is 4.74 Å². The maximum Gasteiger partial charge on any atom is 0.407 e. The molecular weight excluding hydrogens is 282 g/mol. The zero-order valence-electron chi connectivity index (χ0n) is 13.5. The lowest BCUT2D eigenvalue weighted by molar-refractivity contribution is 0.0491. The van der Waals surface area contributed by atoms with Gasteiger partial charge in [0.15, 0.2) is 6.17 Å². The van der Waals surface area contributed by atoms with Crippen molar-refractivity contribution in [2.75, 3.05) is 0 Å². The molecule has 3 N–H and O–H groups in total. The second-order valence-electron chi connectivity index (χ2n) is 6.68. The molecule has 0 saturated heterocycles. The third-order valence-corrected chi connectivity index (χ3v) is 3.53. The van der Waals surface area contributed by atoms with Crippen molar-refractivity contribution in [3.63, 3.8) is 0 Å². The van der Waals surface area contributed by atoms with Crippen molar-refractivity contribution in [1.29, 1.82) is 0 Å². The molecule has 7 nitrogen and oxygen atoms in total. The molecule has 0 spiro atoms. The average molecular weight is 307 g/mol. The number of hydrogen-bond donors (Lipinski definition) is 2. The van der Waals surface area contributed by atoms with Crippen LogP contribution in [0.2, 0.25) is 0 Å². The lowest BCUT2D eigenvalue weighted by Gasteiger charge is -2.28. The van der Waals surface area contributed by atoms with Gasteiger partial charge in [0.2, 0.25) is 0 Å². The van der Waals surface area contributed by atoms with Gasteiger partial charge in [-0.25, -0.2) is 4.79 Å². The first-order valence-electron chi connectivity index (χ1n) is 7.71. The van der Waals surface area contributed by atoms with Gasteiger partial charge in [0, 0.05) is 18.5 Å². The van der Waals surface area contributed by atoms with E-state index in [1.807, 2.05) is 20.8 Å². The van der Waals surface area contributed by atoms with E-state index in [0.717, 1.165) is 25.7 Å². The quantitative estimate of drug-likeness (QED) is 0.612. The third-order valence-electron chi connectivity index (χ3n) is 3.53. The highest BCUT2D eigenvalue weighted by atomic mass is 16.6. The molecule has 7 heteroatoms. The van der Waals surface area contributed by atoms with Crippen molar-refractivity contribution < 1.29 is 9.53 Å². The van der Waals surface area contributed by atoms with E-state index in [0.29, 0.717) is 5.84 Å². The Morgan fingerprint density at radius 1 is 1.23 bits per heavy atom. The van der Waals surface area contributed by atoms with Crippen LogP contribution in [0.1, 0.15) is 46.5 Å². The number of rotatable bonds is 3. The number of carbonyl (C=O) groups excluding carboxylic acids is 1. The second-order valence-corrected chi connectivity index (χ2v) is 6.68. The lowest BCUT2D eigenvalue weighted by Crippen LogP contribution is -2.41. The standard InChI is InChI=1S/C15H25N5O2/c1-15(2,3)22-14(21)20-11-6-4-10(5-7-11)19-12(16)13-17-8-9-18-13/h8-11,13H,4-7H2,1-3H3,(H2,16,19)(H,20,21). The molecule has 0 aromatic carbocycles. The van der Waals surface area contributed by atoms with Crippen molar-refractivity contribution in [2.24, 2.45) is 20.7 Å². The van der Waals surface area contributed by atoms with E-state index >= 15 is 0 Å². The summed E-state index contributed by atoms with van der Waals surface area (Å²) in [5, 5.41) is 2.92. The number of amides is 1. The molecule has 1 heterocycles. The maximum atomic E-state index is 11.7. The fourth-order valence-corrected chi connectivity index (χ4v) is 2.53. The highest BCUT2D eigenvalue weighted by molar-refractivity contribution is 6.19. The highest BCUT2D eigenvalue weighted by Crippen LogP contribution is 2.22. The number of nitrogens with zero attached hydrogens (tertiary/aromatic N) is 3. The van der Waals surface area contributed by atoms with Crippen LogP contribution in [0.3, 0.4) is 0 Å². The van der Waals surface area contributed by atoms with E-state index in [9.17, 15) is 4.79 Å². The SMILES string of the molecule is CC(C)(C)OC(=O)NC1CCC(N=C(N)C2N=CC=N2)CC1. The summed E-state index contributed by atoms with van der Waals surface area (Å²) in [6, 6.07) is 0.327. The van der Waals surface area contributed by atoms with Crippen molar-refractivity contribution in [1.82, 2.24) is 5.32 Å². The monoisotopic (exact) mass is 307 g/mol. The average Bonchev–Trinajstić information content (AvgIpc) is 2.92. The van der Waals surface area contributed by atoms with E-state index in [2.05, 4.69) is 20.3 Å². The molecule has 0 atom stereocenters. The zero-order valence-corrected chi connectivity index (χ0v) is 13.5. The summed E-state index contributed by atoms with van der Waals surface area (Å²) < 4.78 is 5.27. The van der Waals surface area contributed by atoms with Gasteiger partial charge >= 0.3 is 6.09 Å². The molecule has 1 saturated carbocycles. The van der Waals surface area contributed by atoms with Crippen LogP contribution < -0.4 is 11.1 Å². The number of carbonyl (C=O) groups is 1. The van der Waals surface area contributed by atoms with Gasteiger partial charge in [-0.3, -0.25) is 15.0 Å². The van der Waals surface area contributed by atoms with E-state index in [4.69, 9.17) is 10.5 Å². The number of nitrogens with two attached hydrogens (primary N) is 1. The Balaban J connectivity index is 1.76. The van der Waals surface area contributed by atoms with Crippen LogP contribution in [0.15, 0.2) is 15.0 Å². The second kappa shape index (κ2) is 6.89. The van der Waals surface area contributed by atoms with Crippen LogP contribution in [0.4, 0.5) is 4.79 Å². The minimum Gasteiger partial charge on any atom is -0.444 e. The molecule has 1 amide bonds. The van der Waals surface area contributed by atoms with Crippen molar-refractivity contribution in [3.05, 3.63) is 0 Å². The predicted octanol–water partition coefficient (Wildman–Crippen LogP) is 1.66. The third kappa shape index (κ3) is 5.13. The number of aliphatic imine (C=N–C) groups is 3. The molecular formula is C15H25N5O2. The Morgan fingerprint density at radius 2 is 1.82 bits per heavy atom. The molecule has 0 unspecified atom stereocenters. The highest BCUT2D eigenvalue weighted by Gasteiger charge is 2.25. The molecule has 122 valence electrons. The Hall–Kier alpha value is -1.92. The Bertz CT molecular complexity index is 473. The van der Waals surface area contributed by atoms with E-state index in [1.54, 1.807) is 12.4 Å². The lowest BCUT2D eigenvalue weighted by atomic mass is 9.91. The predicted molar refractivity (Wildman–Crippen MR) is 87.8 cm³/mol. The first-order chi connectivity index (χ1) is 10.3. The minimum atomic E-state index is -0.470. The normalized spacial score (nSPS) is 26.2. The number of ether oxygens (including phenoxy) is 1. The smallest absolute Gasteiger partial charge is 0.407 e. The summed E-state index contributed by atoms with van der Waals surface area (Å²) in [5.41, 5.74) is 5.46. The van der Waals surface area contributed by atoms with E-state index in [1.165, 1.54) is 0 Å². The number of hydrogen-bond acceptors (Lipinski definition) is 5. The zero-order chi connectivity index (χ0) is 16.2. The molecule has 1 aliphatic carbocycles. The molecule has 0 radical (unpaired) electrons. The number of amidine groups is 1. The number of alkyl carbamates (subject to hydrolysis) is 1. The minimum absolute atomic E-state index is 0.144. The summed E-state index contributed by atoms with van der Waals surface area (Å²) >= 11 is 0. The van der Waals surface area contributed by atoms with Crippen molar-refractivity contribution >= 4 is 24.4 Å². The van der Waals surface area contributed by atoms with Crippen LogP contribution in [0.5, 0.6) is 0 Å². The van der Waals surface area contributed by atoms with Gasteiger partial charge in [0.05, 0.1) is 6.04 Å². The molecule has 0 bridgehead atoms. The Kier molecular flexibility index (Phi) is 5.15. The van der Waals surface area contributed by atoms with Gasteiger partial charge in [0.1, 0.15) is 11.4 Å². The maximum absolute atomic E-state index is 11.7. The summed E-state index contributed by atoms with van der Waals surface area (Å²) in [7, 11) is 0. The Morgan fingerprint density at radius 3 is 2.36 bits per heavy atom. The number of nitrogens with one attached hydrogen (secondary N) is 1. The molecule has 1 aliphatic heterocycles. The van der Waals surface area contributed by atoms with Gasteiger partial charge in [-0.15, -0.1) is 0 Å². The van der Waals surface area contributed by atoms with Crippen LogP contribution >= 0.6 is 0 Å². The topological polar surface area (TPSA) is 101 Å². The van der Waals surface area contributed by atoms with E-state index in [-0.39, 0.29) is 24.3 Å². The Labute approximate surface area is 131 Å². The summed E-state index contributed by atoms with van der Waals surface area (Å²) in [5.74, 6) is 0.466. The van der Waals surface area contributed by atoms with Gasteiger partial charge in [-0.05, 0) is 46.5 Å². The van der Waals surface area contributed by atoms with Gasteiger partial charge < -0.3 is 15.8 Å². The molecule has 1 fully saturated rings. The fraction of sp³-hybridized carbons (Fsp3) is 0.733. The first-order valence-corrected chi connectivity index (χ1v) is 7.71. The van der Waals surface area contributed by atoms with Crippen LogP contribution in [0.25, 0.3) is 0 Å².